The number of carbonyl (C=O) groups is 1. The molecule has 0 radical (unpaired) electrons. The van der Waals surface area contributed by atoms with E-state index >= 15 is 0 Å². The Labute approximate surface area is 112 Å². The van der Waals surface area contributed by atoms with Crippen molar-refractivity contribution >= 4 is 18.0 Å². The molecule has 0 saturated carbocycles. The predicted molar refractivity (Wildman–Crippen MR) is 76.6 cm³/mol. The van der Waals surface area contributed by atoms with E-state index in [1.807, 2.05) is 25.1 Å². The maximum atomic E-state index is 11.1. The summed E-state index contributed by atoms with van der Waals surface area (Å²) in [4.78, 5) is 13.3. The first-order valence-electron chi connectivity index (χ1n) is 5.91. The van der Waals surface area contributed by atoms with Gasteiger partial charge in [-0.05, 0) is 56.2 Å². The summed E-state index contributed by atoms with van der Waals surface area (Å²) < 4.78 is 0. The molecule has 0 heterocycles. The van der Waals surface area contributed by atoms with Crippen LogP contribution in [0.4, 0.5) is 0 Å². The van der Waals surface area contributed by atoms with Gasteiger partial charge in [-0.3, -0.25) is 4.79 Å². The molecule has 1 nitrogen and oxygen atoms in total. The molecule has 0 saturated heterocycles. The van der Waals surface area contributed by atoms with Gasteiger partial charge in [-0.2, -0.15) is 0 Å². The highest BCUT2D eigenvalue weighted by atomic mass is 32.2. The second-order valence-corrected chi connectivity index (χ2v) is 5.62. The van der Waals surface area contributed by atoms with Crippen LogP contribution >= 0.6 is 11.8 Å². The second kappa shape index (κ2) is 5.40. The molecule has 0 aliphatic heterocycles. The standard InChI is InChI=1S/C16H16OS/c1-11-4-7-16(14(8-11)10-17)18-15-6-5-12(2)13(3)9-15/h4-10H,1-3H3. The summed E-state index contributed by atoms with van der Waals surface area (Å²) in [5, 5.41) is 0. The summed E-state index contributed by atoms with van der Waals surface area (Å²) in [7, 11) is 0. The lowest BCUT2D eigenvalue weighted by Crippen LogP contribution is -1.87. The number of rotatable bonds is 3. The van der Waals surface area contributed by atoms with Crippen LogP contribution < -0.4 is 0 Å². The lowest BCUT2D eigenvalue weighted by atomic mass is 10.1. The minimum atomic E-state index is 0.762. The zero-order valence-corrected chi connectivity index (χ0v) is 11.7. The normalized spacial score (nSPS) is 10.4. The Bertz CT molecular complexity index is 588. The first-order chi connectivity index (χ1) is 8.60. The molecule has 0 fully saturated rings. The van der Waals surface area contributed by atoms with Crippen LogP contribution in [0.25, 0.3) is 0 Å². The van der Waals surface area contributed by atoms with E-state index in [1.54, 1.807) is 11.8 Å². The van der Waals surface area contributed by atoms with Gasteiger partial charge >= 0.3 is 0 Å². The molecule has 0 bridgehead atoms. The van der Waals surface area contributed by atoms with Gasteiger partial charge in [0.15, 0.2) is 6.29 Å². The third kappa shape index (κ3) is 2.82. The highest BCUT2D eigenvalue weighted by Crippen LogP contribution is 2.31. The fourth-order valence-electron chi connectivity index (χ4n) is 1.76. The van der Waals surface area contributed by atoms with Crippen LogP contribution in [0.15, 0.2) is 46.2 Å². The van der Waals surface area contributed by atoms with E-state index in [4.69, 9.17) is 0 Å². The topological polar surface area (TPSA) is 17.1 Å². The monoisotopic (exact) mass is 256 g/mol. The Morgan fingerprint density at radius 1 is 0.944 bits per heavy atom. The van der Waals surface area contributed by atoms with Gasteiger partial charge in [-0.1, -0.05) is 29.5 Å². The summed E-state index contributed by atoms with van der Waals surface area (Å²) in [6.45, 7) is 6.21. The average molecular weight is 256 g/mol. The predicted octanol–water partition coefficient (Wildman–Crippen LogP) is 4.58. The van der Waals surface area contributed by atoms with Crippen molar-refractivity contribution in [1.82, 2.24) is 0 Å². The molecule has 2 rings (SSSR count). The zero-order valence-electron chi connectivity index (χ0n) is 10.9. The fraction of sp³-hybridized carbons (Fsp3) is 0.188. The Hall–Kier alpha value is -1.54. The molecular formula is C16H16OS. The minimum absolute atomic E-state index is 0.762. The molecule has 2 aromatic carbocycles. The largest absolute Gasteiger partial charge is 0.298 e. The number of aryl methyl sites for hydroxylation is 3. The molecule has 0 aliphatic rings. The Balaban J connectivity index is 2.33. The molecule has 2 heteroatoms. The van der Waals surface area contributed by atoms with Crippen LogP contribution in [-0.4, -0.2) is 6.29 Å². The molecular weight excluding hydrogens is 240 g/mol. The molecule has 0 atom stereocenters. The third-order valence-corrected chi connectivity index (χ3v) is 4.08. The Kier molecular flexibility index (Phi) is 3.87. The number of aldehydes is 1. The van der Waals surface area contributed by atoms with Crippen molar-refractivity contribution in [1.29, 1.82) is 0 Å². The van der Waals surface area contributed by atoms with Crippen LogP contribution in [0, 0.1) is 20.8 Å². The van der Waals surface area contributed by atoms with Gasteiger partial charge in [-0.15, -0.1) is 0 Å². The van der Waals surface area contributed by atoms with Gasteiger partial charge < -0.3 is 0 Å². The van der Waals surface area contributed by atoms with Crippen molar-refractivity contribution < 1.29 is 4.79 Å². The quantitative estimate of drug-likeness (QED) is 0.748. The van der Waals surface area contributed by atoms with E-state index < -0.39 is 0 Å². The lowest BCUT2D eigenvalue weighted by Gasteiger charge is -2.07. The summed E-state index contributed by atoms with van der Waals surface area (Å²) in [5.41, 5.74) is 4.44. The van der Waals surface area contributed by atoms with Crippen LogP contribution in [0.3, 0.4) is 0 Å². The molecule has 0 aliphatic carbocycles. The van der Waals surface area contributed by atoms with Crippen molar-refractivity contribution in [2.24, 2.45) is 0 Å². The Morgan fingerprint density at radius 3 is 2.39 bits per heavy atom. The van der Waals surface area contributed by atoms with E-state index in [1.165, 1.54) is 16.0 Å². The van der Waals surface area contributed by atoms with Crippen LogP contribution in [0.1, 0.15) is 27.0 Å². The van der Waals surface area contributed by atoms with E-state index in [0.29, 0.717) is 0 Å². The van der Waals surface area contributed by atoms with E-state index in [0.717, 1.165) is 22.3 Å². The van der Waals surface area contributed by atoms with Crippen molar-refractivity contribution in [3.63, 3.8) is 0 Å². The highest BCUT2D eigenvalue weighted by Gasteiger charge is 2.05. The summed E-state index contributed by atoms with van der Waals surface area (Å²) in [6.07, 6.45) is 0.927. The highest BCUT2D eigenvalue weighted by molar-refractivity contribution is 7.99. The van der Waals surface area contributed by atoms with Crippen LogP contribution in [0.2, 0.25) is 0 Å². The van der Waals surface area contributed by atoms with Crippen molar-refractivity contribution in [2.75, 3.05) is 0 Å². The average Bonchev–Trinajstić information content (AvgIpc) is 2.36. The number of benzene rings is 2. The first-order valence-corrected chi connectivity index (χ1v) is 6.73. The maximum absolute atomic E-state index is 11.1. The van der Waals surface area contributed by atoms with Gasteiger partial charge in [0.2, 0.25) is 0 Å². The molecule has 0 N–H and O–H groups in total. The molecule has 0 amide bonds. The van der Waals surface area contributed by atoms with Crippen LogP contribution in [0.5, 0.6) is 0 Å². The minimum Gasteiger partial charge on any atom is -0.298 e. The van der Waals surface area contributed by atoms with Gasteiger partial charge in [0.25, 0.3) is 0 Å². The van der Waals surface area contributed by atoms with Gasteiger partial charge in [0, 0.05) is 15.4 Å². The van der Waals surface area contributed by atoms with Crippen molar-refractivity contribution in [3.8, 4) is 0 Å². The summed E-state index contributed by atoms with van der Waals surface area (Å²) >= 11 is 1.64. The zero-order chi connectivity index (χ0) is 13.1. The molecule has 0 spiro atoms. The third-order valence-electron chi connectivity index (χ3n) is 3.00. The fourth-order valence-corrected chi connectivity index (χ4v) is 2.74. The molecule has 2 aromatic rings. The number of hydrogen-bond donors (Lipinski definition) is 0. The van der Waals surface area contributed by atoms with Gasteiger partial charge in [0.1, 0.15) is 0 Å². The smallest absolute Gasteiger partial charge is 0.151 e. The SMILES string of the molecule is Cc1ccc(Sc2ccc(C)c(C)c2)c(C=O)c1. The number of hydrogen-bond acceptors (Lipinski definition) is 2. The van der Waals surface area contributed by atoms with E-state index in [9.17, 15) is 4.79 Å². The van der Waals surface area contributed by atoms with Crippen LogP contribution in [-0.2, 0) is 0 Å². The maximum Gasteiger partial charge on any atom is 0.151 e. The van der Waals surface area contributed by atoms with Gasteiger partial charge in [-0.25, -0.2) is 0 Å². The molecule has 0 aromatic heterocycles. The van der Waals surface area contributed by atoms with Gasteiger partial charge in [0.05, 0.1) is 0 Å². The molecule has 18 heavy (non-hydrogen) atoms. The second-order valence-electron chi connectivity index (χ2n) is 4.51. The first kappa shape index (κ1) is 12.9. The van der Waals surface area contributed by atoms with E-state index in [2.05, 4.69) is 32.0 Å². The number of carbonyl (C=O) groups excluding carboxylic acids is 1. The summed E-state index contributed by atoms with van der Waals surface area (Å²) in [5.74, 6) is 0. The Morgan fingerprint density at radius 2 is 1.72 bits per heavy atom. The molecule has 0 unspecified atom stereocenters. The lowest BCUT2D eigenvalue weighted by molar-refractivity contribution is 0.112. The van der Waals surface area contributed by atoms with Crippen molar-refractivity contribution in [2.45, 2.75) is 30.6 Å². The molecule has 92 valence electrons. The van der Waals surface area contributed by atoms with E-state index in [-0.39, 0.29) is 0 Å². The van der Waals surface area contributed by atoms with Crippen molar-refractivity contribution in [3.05, 3.63) is 58.7 Å². The summed E-state index contributed by atoms with van der Waals surface area (Å²) in [6, 6.07) is 12.4.